The van der Waals surface area contributed by atoms with E-state index in [0.717, 1.165) is 0 Å². The molecule has 0 saturated carbocycles. The first-order valence-corrected chi connectivity index (χ1v) is 12.3. The maximum absolute atomic E-state index is 2.50. The number of aryl methyl sites for hydroxylation is 3. The third-order valence-corrected chi connectivity index (χ3v) is 5.69. The van der Waals surface area contributed by atoms with Gasteiger partial charge in [-0.15, -0.1) is 0 Å². The van der Waals surface area contributed by atoms with Crippen LogP contribution in [0.4, 0.5) is 0 Å². The largest absolute Gasteiger partial charge is 0.205 e. The highest BCUT2D eigenvalue weighted by Gasteiger charge is 2.08. The molecule has 1 aromatic rings. The monoisotopic (exact) mass is 374 g/mol. The third kappa shape index (κ3) is 13.0. The molecule has 0 fully saturated rings. The summed E-state index contributed by atoms with van der Waals surface area (Å²) in [4.78, 5) is 0. The van der Waals surface area contributed by atoms with Gasteiger partial charge in [0.15, 0.2) is 12.4 Å². The summed E-state index contributed by atoms with van der Waals surface area (Å²) in [5.74, 6) is 0. The summed E-state index contributed by atoms with van der Waals surface area (Å²) in [7, 11) is 0. The standard InChI is InChI=1S/C26H48N/c1-4-7-10-11-12-13-14-15-18-21-27-23-25(19-16-8-5-2)22-26(24-27)20-17-9-6-3/h22-24H,4-21H2,1-3H3/q+1. The zero-order chi connectivity index (χ0) is 19.6. The van der Waals surface area contributed by atoms with E-state index >= 15 is 0 Å². The smallest absolute Gasteiger partial charge is 0.171 e. The normalized spacial score (nSPS) is 11.2. The summed E-state index contributed by atoms with van der Waals surface area (Å²) in [5.41, 5.74) is 3.13. The zero-order valence-electron chi connectivity index (χ0n) is 18.9. The van der Waals surface area contributed by atoms with E-state index in [1.807, 2.05) is 0 Å². The van der Waals surface area contributed by atoms with Gasteiger partial charge < -0.3 is 0 Å². The van der Waals surface area contributed by atoms with E-state index in [-0.39, 0.29) is 0 Å². The van der Waals surface area contributed by atoms with Crippen molar-refractivity contribution in [3.63, 3.8) is 0 Å². The molecule has 0 atom stereocenters. The van der Waals surface area contributed by atoms with Crippen LogP contribution in [0.2, 0.25) is 0 Å². The van der Waals surface area contributed by atoms with E-state index in [1.54, 1.807) is 11.1 Å². The van der Waals surface area contributed by atoms with Gasteiger partial charge in [0.05, 0.1) is 0 Å². The second-order valence-corrected chi connectivity index (χ2v) is 8.53. The molecule has 0 aromatic carbocycles. The van der Waals surface area contributed by atoms with Crippen molar-refractivity contribution < 1.29 is 4.57 Å². The van der Waals surface area contributed by atoms with Crippen molar-refractivity contribution in [3.05, 3.63) is 29.6 Å². The number of unbranched alkanes of at least 4 members (excludes halogenated alkanes) is 12. The predicted molar refractivity (Wildman–Crippen MR) is 120 cm³/mol. The summed E-state index contributed by atoms with van der Waals surface area (Å²) >= 11 is 0. The fourth-order valence-corrected chi connectivity index (χ4v) is 3.94. The Bertz CT molecular complexity index is 423. The van der Waals surface area contributed by atoms with Gasteiger partial charge in [0, 0.05) is 17.5 Å². The lowest BCUT2D eigenvalue weighted by Crippen LogP contribution is -2.34. The molecule has 0 aliphatic rings. The number of hydrogen-bond donors (Lipinski definition) is 0. The Hall–Kier alpha value is -0.850. The lowest BCUT2D eigenvalue weighted by molar-refractivity contribution is -0.698. The van der Waals surface area contributed by atoms with Crippen LogP contribution in [0.1, 0.15) is 128 Å². The Labute approximate surface area is 171 Å². The van der Waals surface area contributed by atoms with Gasteiger partial charge in [-0.25, -0.2) is 4.57 Å². The van der Waals surface area contributed by atoms with Crippen LogP contribution in [-0.4, -0.2) is 0 Å². The van der Waals surface area contributed by atoms with Crippen molar-refractivity contribution >= 4 is 0 Å². The minimum absolute atomic E-state index is 1.21. The molecule has 0 saturated heterocycles. The van der Waals surface area contributed by atoms with Crippen molar-refractivity contribution in [1.29, 1.82) is 0 Å². The number of nitrogens with zero attached hydrogens (tertiary/aromatic N) is 1. The van der Waals surface area contributed by atoms with E-state index in [9.17, 15) is 0 Å². The Kier molecular flexibility index (Phi) is 15.5. The van der Waals surface area contributed by atoms with Gasteiger partial charge in [0.2, 0.25) is 0 Å². The predicted octanol–water partition coefficient (Wildman–Crippen LogP) is 7.97. The fraction of sp³-hybridized carbons (Fsp3) is 0.808. The van der Waals surface area contributed by atoms with Crippen molar-refractivity contribution in [1.82, 2.24) is 0 Å². The molecule has 0 unspecified atom stereocenters. The Morgan fingerprint density at radius 1 is 0.519 bits per heavy atom. The topological polar surface area (TPSA) is 3.88 Å². The number of rotatable bonds is 18. The summed E-state index contributed by atoms with van der Waals surface area (Å²) in [6.45, 7) is 8.10. The average molecular weight is 375 g/mol. The first-order valence-electron chi connectivity index (χ1n) is 12.3. The van der Waals surface area contributed by atoms with Crippen LogP contribution < -0.4 is 4.57 Å². The van der Waals surface area contributed by atoms with Crippen molar-refractivity contribution in [2.45, 2.75) is 136 Å². The Morgan fingerprint density at radius 2 is 0.926 bits per heavy atom. The first-order chi connectivity index (χ1) is 13.3. The molecule has 1 heterocycles. The summed E-state index contributed by atoms with van der Waals surface area (Å²) < 4.78 is 2.50. The summed E-state index contributed by atoms with van der Waals surface area (Å²) in [6.07, 6.45) is 28.1. The lowest BCUT2D eigenvalue weighted by atomic mass is 10.0. The molecule has 27 heavy (non-hydrogen) atoms. The van der Waals surface area contributed by atoms with Gasteiger partial charge >= 0.3 is 0 Å². The second kappa shape index (κ2) is 17.3. The highest BCUT2D eigenvalue weighted by Crippen LogP contribution is 2.12. The molecule has 0 aliphatic heterocycles. The maximum atomic E-state index is 2.50. The minimum Gasteiger partial charge on any atom is -0.205 e. The lowest BCUT2D eigenvalue weighted by Gasteiger charge is -2.06. The number of aromatic nitrogens is 1. The van der Waals surface area contributed by atoms with Crippen molar-refractivity contribution in [2.75, 3.05) is 0 Å². The molecule has 156 valence electrons. The Morgan fingerprint density at radius 3 is 1.41 bits per heavy atom. The van der Waals surface area contributed by atoms with Crippen LogP contribution in [0, 0.1) is 0 Å². The SMILES string of the molecule is CCCCCCCCCCC[n+]1cc(CCCCC)cc(CCCCC)c1. The average Bonchev–Trinajstić information content (AvgIpc) is 2.67. The number of pyridine rings is 1. The van der Waals surface area contributed by atoms with Crippen molar-refractivity contribution in [2.24, 2.45) is 0 Å². The molecular weight excluding hydrogens is 326 g/mol. The second-order valence-electron chi connectivity index (χ2n) is 8.53. The fourth-order valence-electron chi connectivity index (χ4n) is 3.94. The first kappa shape index (κ1) is 24.2. The molecular formula is C26H48N+. The van der Waals surface area contributed by atoms with Crippen LogP contribution in [0.15, 0.2) is 18.5 Å². The van der Waals surface area contributed by atoms with E-state index in [2.05, 4.69) is 43.8 Å². The highest BCUT2D eigenvalue weighted by molar-refractivity contribution is 5.15. The van der Waals surface area contributed by atoms with Crippen LogP contribution in [-0.2, 0) is 19.4 Å². The van der Waals surface area contributed by atoms with Crippen LogP contribution in [0.25, 0.3) is 0 Å². The van der Waals surface area contributed by atoms with Crippen molar-refractivity contribution in [3.8, 4) is 0 Å². The maximum Gasteiger partial charge on any atom is 0.171 e. The molecule has 0 aliphatic carbocycles. The van der Waals surface area contributed by atoms with E-state index in [0.29, 0.717) is 0 Å². The molecule has 0 radical (unpaired) electrons. The zero-order valence-corrected chi connectivity index (χ0v) is 18.9. The van der Waals surface area contributed by atoms with Crippen LogP contribution in [0.5, 0.6) is 0 Å². The highest BCUT2D eigenvalue weighted by atomic mass is 14.9. The molecule has 1 nitrogen and oxygen atoms in total. The molecule has 1 heteroatoms. The van der Waals surface area contributed by atoms with Gasteiger partial charge in [-0.2, -0.15) is 0 Å². The van der Waals surface area contributed by atoms with Gasteiger partial charge in [-0.1, -0.05) is 91.4 Å². The van der Waals surface area contributed by atoms with E-state index in [4.69, 9.17) is 0 Å². The van der Waals surface area contributed by atoms with E-state index in [1.165, 1.54) is 116 Å². The molecule has 0 spiro atoms. The van der Waals surface area contributed by atoms with Crippen LogP contribution >= 0.6 is 0 Å². The van der Waals surface area contributed by atoms with Gasteiger partial charge in [0.25, 0.3) is 0 Å². The van der Waals surface area contributed by atoms with Gasteiger partial charge in [-0.05, 0) is 38.2 Å². The molecule has 0 amide bonds. The third-order valence-electron chi connectivity index (χ3n) is 5.69. The molecule has 0 N–H and O–H groups in total. The molecule has 1 aromatic heterocycles. The minimum atomic E-state index is 1.21. The quantitative estimate of drug-likeness (QED) is 0.181. The summed E-state index contributed by atoms with van der Waals surface area (Å²) in [5, 5.41) is 0. The van der Waals surface area contributed by atoms with E-state index < -0.39 is 0 Å². The number of hydrogen-bond acceptors (Lipinski definition) is 0. The summed E-state index contributed by atoms with van der Waals surface area (Å²) in [6, 6.07) is 2.48. The van der Waals surface area contributed by atoms with Gasteiger partial charge in [-0.3, -0.25) is 0 Å². The molecule has 1 rings (SSSR count). The van der Waals surface area contributed by atoms with Gasteiger partial charge in [0.1, 0.15) is 6.54 Å². The van der Waals surface area contributed by atoms with Crippen LogP contribution in [0.3, 0.4) is 0 Å². The molecule has 0 bridgehead atoms. The Balaban J connectivity index is 2.37.